The molecule has 0 atom stereocenters. The van der Waals surface area contributed by atoms with E-state index >= 15 is 0 Å². The van der Waals surface area contributed by atoms with E-state index in [1.54, 1.807) is 0 Å². The Morgan fingerprint density at radius 2 is 1.86 bits per heavy atom. The molecule has 0 aromatic rings. The maximum absolute atomic E-state index is 9.25. The first-order valence-corrected chi connectivity index (χ1v) is 1.97. The molecule has 4 heteroatoms. The second-order valence-corrected chi connectivity index (χ2v) is 0.542. The van der Waals surface area contributed by atoms with Crippen LogP contribution in [0.25, 0.3) is 0 Å². The fourth-order valence-corrected chi connectivity index (χ4v) is 0. The summed E-state index contributed by atoms with van der Waals surface area (Å²) in [6, 6.07) is 0. The number of hydrogen-bond donors (Lipinski definition) is 1. The second-order valence-electron chi connectivity index (χ2n) is 0.542. The number of aliphatic carboxylic acids is 1. The summed E-state index contributed by atoms with van der Waals surface area (Å²) < 4.78 is 8.25. The molecule has 0 heterocycles. The van der Waals surface area contributed by atoms with Gasteiger partial charge >= 0.3 is 29.7 Å². The number of carbonyl (C=O) groups is 1. The quantitative estimate of drug-likeness (QED) is 0.411. The summed E-state index contributed by atoms with van der Waals surface area (Å²) in [6.45, 7) is 2.96. The first kappa shape index (κ1) is 9.87. The van der Waals surface area contributed by atoms with Gasteiger partial charge in [0, 0.05) is 6.08 Å². The van der Waals surface area contributed by atoms with Crippen molar-refractivity contribution < 1.29 is 33.6 Å². The molecule has 0 rings (SSSR count). The van der Waals surface area contributed by atoms with Crippen molar-refractivity contribution in [3.05, 3.63) is 12.7 Å². The zero-order chi connectivity index (χ0) is 6.28. The van der Waals surface area contributed by atoms with Gasteiger partial charge in [-0.2, -0.15) is 0 Å². The topological polar surface area (TPSA) is 54.4 Å². The molecule has 3 nitrogen and oxygen atoms in total. The van der Waals surface area contributed by atoms with Crippen LogP contribution in [0.4, 0.5) is 0 Å². The molecular weight excluding hydrogens is 132 g/mol. The first-order valence-electron chi connectivity index (χ1n) is 1.33. The summed E-state index contributed by atoms with van der Waals surface area (Å²) in [6.07, 6.45) is 0.833. The van der Waals surface area contributed by atoms with Crippen molar-refractivity contribution in [2.24, 2.45) is 0 Å². The molecule has 0 spiro atoms. The van der Waals surface area contributed by atoms with Gasteiger partial charge in [-0.05, 0) is 0 Å². The summed E-state index contributed by atoms with van der Waals surface area (Å²) in [5.41, 5.74) is 0. The number of carboxylic acids is 1. The van der Waals surface area contributed by atoms with Gasteiger partial charge in [-0.3, -0.25) is 0 Å². The van der Waals surface area contributed by atoms with E-state index in [1.807, 2.05) is 0 Å². The molecule has 0 bridgehead atoms. The summed E-state index contributed by atoms with van der Waals surface area (Å²) in [5, 5.41) is 7.60. The molecule has 0 saturated carbocycles. The standard InChI is InChI=1S/C3H4O2.O.Ti/c1-2-3(4)5;;/h2H,1H2,(H,4,5);;. The van der Waals surface area contributed by atoms with Crippen LogP contribution in [-0.4, -0.2) is 11.1 Å². The van der Waals surface area contributed by atoms with E-state index in [0.29, 0.717) is 0 Å². The normalized spacial score (nSPS) is 5.00. The van der Waals surface area contributed by atoms with E-state index in [2.05, 4.69) is 6.58 Å². The molecular formula is C3H4O3Ti. The van der Waals surface area contributed by atoms with Crippen LogP contribution in [-0.2, 0) is 28.5 Å². The third kappa shape index (κ3) is 26.7. The fourth-order valence-electron chi connectivity index (χ4n) is 0. The Labute approximate surface area is 52.8 Å². The average molecular weight is 136 g/mol. The van der Waals surface area contributed by atoms with Crippen LogP contribution >= 0.6 is 0 Å². The number of hydrogen-bond acceptors (Lipinski definition) is 2. The molecule has 0 aromatic carbocycles. The SMILES string of the molecule is C=CC(=O)O.[O]=[Ti]. The van der Waals surface area contributed by atoms with Gasteiger partial charge in [0.25, 0.3) is 0 Å². The van der Waals surface area contributed by atoms with Gasteiger partial charge in [0.2, 0.25) is 0 Å². The summed E-state index contributed by atoms with van der Waals surface area (Å²) in [4.78, 5) is 9.25. The van der Waals surface area contributed by atoms with Crippen molar-refractivity contribution in [2.75, 3.05) is 0 Å². The molecule has 38 valence electrons. The van der Waals surface area contributed by atoms with Gasteiger partial charge < -0.3 is 5.11 Å². The third-order valence-corrected chi connectivity index (χ3v) is 0.175. The van der Waals surface area contributed by atoms with Crippen molar-refractivity contribution in [2.45, 2.75) is 0 Å². The van der Waals surface area contributed by atoms with Crippen LogP contribution in [0.2, 0.25) is 0 Å². The Hall–Kier alpha value is -0.276. The van der Waals surface area contributed by atoms with E-state index in [-0.39, 0.29) is 0 Å². The van der Waals surface area contributed by atoms with Gasteiger partial charge in [0.1, 0.15) is 0 Å². The summed E-state index contributed by atoms with van der Waals surface area (Å²) >= 11 is 0.750. The van der Waals surface area contributed by atoms with Crippen LogP contribution in [0.1, 0.15) is 0 Å². The van der Waals surface area contributed by atoms with E-state index in [1.165, 1.54) is 0 Å². The van der Waals surface area contributed by atoms with E-state index in [0.717, 1.165) is 26.5 Å². The molecule has 0 aromatic heterocycles. The average Bonchev–Trinajstić information content (AvgIpc) is 1.73. The molecule has 0 unspecified atom stereocenters. The molecule has 1 N–H and O–H groups in total. The third-order valence-electron chi connectivity index (χ3n) is 0.175. The Morgan fingerprint density at radius 1 is 1.71 bits per heavy atom. The van der Waals surface area contributed by atoms with Crippen molar-refractivity contribution in [3.63, 3.8) is 0 Å². The van der Waals surface area contributed by atoms with Gasteiger partial charge in [0.15, 0.2) is 0 Å². The predicted octanol–water partition coefficient (Wildman–Crippen LogP) is 0.136. The molecule has 0 aliphatic heterocycles. The number of carboxylic acid groups (broad SMARTS) is 1. The molecule has 0 saturated heterocycles. The van der Waals surface area contributed by atoms with Crippen LogP contribution in [0.3, 0.4) is 0 Å². The zero-order valence-corrected chi connectivity index (χ0v) is 5.11. The van der Waals surface area contributed by atoms with Crippen LogP contribution in [0.15, 0.2) is 12.7 Å². The maximum atomic E-state index is 9.25. The van der Waals surface area contributed by atoms with Crippen molar-refractivity contribution in [1.82, 2.24) is 0 Å². The predicted molar refractivity (Wildman–Crippen MR) is 18.5 cm³/mol. The van der Waals surface area contributed by atoms with Crippen molar-refractivity contribution in [3.8, 4) is 0 Å². The Balaban J connectivity index is 0. The van der Waals surface area contributed by atoms with Crippen LogP contribution < -0.4 is 0 Å². The minimum atomic E-state index is -0.981. The Bertz CT molecular complexity index is 70.6. The molecule has 0 fully saturated rings. The van der Waals surface area contributed by atoms with Crippen LogP contribution in [0.5, 0.6) is 0 Å². The molecule has 0 radical (unpaired) electrons. The zero-order valence-electron chi connectivity index (χ0n) is 3.55. The molecule has 0 amide bonds. The van der Waals surface area contributed by atoms with Crippen LogP contribution in [0, 0.1) is 0 Å². The Kier molecular flexibility index (Phi) is 13.0. The van der Waals surface area contributed by atoms with Gasteiger partial charge in [0.05, 0.1) is 0 Å². The van der Waals surface area contributed by atoms with Gasteiger partial charge in [-0.1, -0.05) is 6.58 Å². The number of rotatable bonds is 1. The Morgan fingerprint density at radius 3 is 1.86 bits per heavy atom. The molecule has 7 heavy (non-hydrogen) atoms. The van der Waals surface area contributed by atoms with E-state index in [9.17, 15) is 4.79 Å². The monoisotopic (exact) mass is 136 g/mol. The summed E-state index contributed by atoms with van der Waals surface area (Å²) in [7, 11) is 0. The molecule has 0 aliphatic rings. The fraction of sp³-hybridized carbons (Fsp3) is 0. The van der Waals surface area contributed by atoms with Crippen molar-refractivity contribution in [1.29, 1.82) is 0 Å². The van der Waals surface area contributed by atoms with E-state index in [4.69, 9.17) is 8.43 Å². The first-order chi connectivity index (χ1) is 3.27. The minimum absolute atomic E-state index is 0.750. The van der Waals surface area contributed by atoms with Gasteiger partial charge in [-0.15, -0.1) is 0 Å². The van der Waals surface area contributed by atoms with E-state index < -0.39 is 5.97 Å². The van der Waals surface area contributed by atoms with Crippen molar-refractivity contribution >= 4 is 5.97 Å². The summed E-state index contributed by atoms with van der Waals surface area (Å²) in [5.74, 6) is -0.981. The van der Waals surface area contributed by atoms with Gasteiger partial charge in [-0.25, -0.2) is 4.79 Å². The molecule has 0 aliphatic carbocycles. The second kappa shape index (κ2) is 9.21.